The van der Waals surface area contributed by atoms with Crippen LogP contribution < -0.4 is 11.4 Å². The Balaban J connectivity index is 1.80. The Morgan fingerprint density at radius 1 is 1.07 bits per heavy atom. The van der Waals surface area contributed by atoms with E-state index in [0.29, 0.717) is 26.1 Å². The van der Waals surface area contributed by atoms with Crippen LogP contribution in [-0.2, 0) is 36.5 Å². The maximum atomic E-state index is 12.9. The number of aromatic nitrogens is 4. The molecule has 3 heterocycles. The van der Waals surface area contributed by atoms with Crippen molar-refractivity contribution in [3.8, 4) is 0 Å². The molecule has 0 fully saturated rings. The summed E-state index contributed by atoms with van der Waals surface area (Å²) >= 11 is 0. The molecule has 0 amide bonds. The van der Waals surface area contributed by atoms with E-state index in [4.69, 9.17) is 5.73 Å². The molecule has 0 atom stereocenters. The molecule has 0 saturated carbocycles. The van der Waals surface area contributed by atoms with Gasteiger partial charge >= 0.3 is 5.69 Å². The number of benzene rings is 1. The van der Waals surface area contributed by atoms with Gasteiger partial charge in [0.05, 0.1) is 29.5 Å². The highest BCUT2D eigenvalue weighted by atomic mass is 32.2. The van der Waals surface area contributed by atoms with Gasteiger partial charge in [0, 0.05) is 49.2 Å². The first kappa shape index (κ1) is 20.4. The summed E-state index contributed by atoms with van der Waals surface area (Å²) in [6.07, 6.45) is 5.11. The number of rotatable bonds is 7. The maximum Gasteiger partial charge on any atom is 0.329 e. The van der Waals surface area contributed by atoms with E-state index in [9.17, 15) is 13.2 Å². The van der Waals surface area contributed by atoms with Crippen LogP contribution in [0.1, 0.15) is 17.7 Å². The first-order chi connectivity index (χ1) is 14.3. The molecule has 0 bridgehead atoms. The molecule has 0 unspecified atom stereocenters. The van der Waals surface area contributed by atoms with Crippen LogP contribution in [0.25, 0.3) is 21.9 Å². The Hall–Kier alpha value is -2.91. The van der Waals surface area contributed by atoms with E-state index < -0.39 is 9.84 Å². The Kier molecular flexibility index (Phi) is 5.25. The van der Waals surface area contributed by atoms with Gasteiger partial charge in [0.15, 0.2) is 0 Å². The molecule has 2 N–H and O–H groups in total. The smallest absolute Gasteiger partial charge is 0.329 e. The van der Waals surface area contributed by atoms with Crippen LogP contribution in [0.5, 0.6) is 0 Å². The molecule has 3 aromatic heterocycles. The maximum absolute atomic E-state index is 12.9. The van der Waals surface area contributed by atoms with Crippen molar-refractivity contribution in [1.29, 1.82) is 0 Å². The van der Waals surface area contributed by atoms with Gasteiger partial charge in [-0.1, -0.05) is 6.07 Å². The zero-order valence-corrected chi connectivity index (χ0v) is 17.9. The second-order valence-corrected chi connectivity index (χ2v) is 9.92. The van der Waals surface area contributed by atoms with Gasteiger partial charge in [-0.05, 0) is 36.2 Å². The van der Waals surface area contributed by atoms with Gasteiger partial charge in [0.1, 0.15) is 9.84 Å². The normalized spacial score (nSPS) is 12.2. The van der Waals surface area contributed by atoms with Gasteiger partial charge in [0.25, 0.3) is 0 Å². The summed E-state index contributed by atoms with van der Waals surface area (Å²) in [6.45, 7) is 1.36. The summed E-state index contributed by atoms with van der Waals surface area (Å²) in [5, 5.41) is 1.03. The van der Waals surface area contributed by atoms with Gasteiger partial charge in [-0.3, -0.25) is 14.1 Å². The lowest BCUT2D eigenvalue weighted by atomic mass is 10.1. The fraction of sp³-hybridized carbons (Fsp3) is 0.333. The third-order valence-corrected chi connectivity index (χ3v) is 6.48. The van der Waals surface area contributed by atoms with E-state index in [0.717, 1.165) is 33.2 Å². The van der Waals surface area contributed by atoms with Crippen LogP contribution in [0, 0.1) is 0 Å². The Labute approximate surface area is 174 Å². The fourth-order valence-electron chi connectivity index (χ4n) is 3.96. The van der Waals surface area contributed by atoms with Crippen LogP contribution in [0.3, 0.4) is 0 Å². The third-order valence-electron chi connectivity index (χ3n) is 5.45. The number of imidazole rings is 1. The number of nitrogens with zero attached hydrogens (tertiary/aromatic N) is 4. The molecule has 8 nitrogen and oxygen atoms in total. The van der Waals surface area contributed by atoms with Crippen molar-refractivity contribution in [3.05, 3.63) is 64.5 Å². The summed E-state index contributed by atoms with van der Waals surface area (Å²) in [5.41, 5.74) is 10.2. The summed E-state index contributed by atoms with van der Waals surface area (Å²) < 4.78 is 28.6. The third kappa shape index (κ3) is 3.78. The van der Waals surface area contributed by atoms with Crippen molar-refractivity contribution in [2.75, 3.05) is 12.0 Å². The monoisotopic (exact) mass is 427 g/mol. The van der Waals surface area contributed by atoms with Crippen LogP contribution >= 0.6 is 0 Å². The molecule has 0 aliphatic heterocycles. The quantitative estimate of drug-likeness (QED) is 0.483. The van der Waals surface area contributed by atoms with Gasteiger partial charge in [0.2, 0.25) is 0 Å². The zero-order chi connectivity index (χ0) is 21.5. The lowest BCUT2D eigenvalue weighted by Crippen LogP contribution is -2.23. The highest BCUT2D eigenvalue weighted by Gasteiger charge is 2.15. The molecule has 0 saturated heterocycles. The van der Waals surface area contributed by atoms with Crippen molar-refractivity contribution < 1.29 is 8.42 Å². The predicted molar refractivity (Wildman–Crippen MR) is 118 cm³/mol. The minimum absolute atomic E-state index is 0.116. The van der Waals surface area contributed by atoms with E-state index in [1.54, 1.807) is 28.6 Å². The molecule has 0 aliphatic rings. The van der Waals surface area contributed by atoms with Crippen LogP contribution in [0.15, 0.2) is 47.5 Å². The Bertz CT molecular complexity index is 1400. The minimum Gasteiger partial charge on any atom is -0.343 e. The second-order valence-electron chi connectivity index (χ2n) is 7.66. The summed E-state index contributed by atoms with van der Waals surface area (Å²) in [6, 6.07) is 9.90. The van der Waals surface area contributed by atoms with Gasteiger partial charge in [-0.2, -0.15) is 0 Å². The number of pyridine rings is 1. The van der Waals surface area contributed by atoms with Gasteiger partial charge in [-0.25, -0.2) is 13.2 Å². The van der Waals surface area contributed by atoms with Crippen LogP contribution in [0.2, 0.25) is 0 Å². The molecule has 0 aliphatic carbocycles. The van der Waals surface area contributed by atoms with E-state index in [2.05, 4.69) is 15.6 Å². The number of sulfone groups is 1. The summed E-state index contributed by atoms with van der Waals surface area (Å²) in [4.78, 5) is 17.0. The van der Waals surface area contributed by atoms with Crippen LogP contribution in [-0.4, -0.2) is 39.1 Å². The van der Waals surface area contributed by atoms with Crippen molar-refractivity contribution in [1.82, 2.24) is 18.7 Å². The lowest BCUT2D eigenvalue weighted by Gasteiger charge is -2.12. The van der Waals surface area contributed by atoms with Crippen molar-refractivity contribution in [2.24, 2.45) is 12.8 Å². The van der Waals surface area contributed by atoms with Crippen molar-refractivity contribution in [2.45, 2.75) is 26.1 Å². The molecule has 0 radical (unpaired) electrons. The Morgan fingerprint density at radius 3 is 2.60 bits per heavy atom. The summed E-state index contributed by atoms with van der Waals surface area (Å²) in [5.74, 6) is 0.116. The van der Waals surface area contributed by atoms with E-state index in [-0.39, 0.29) is 11.4 Å². The number of hydrogen-bond acceptors (Lipinski definition) is 5. The highest BCUT2D eigenvalue weighted by Crippen LogP contribution is 2.24. The summed E-state index contributed by atoms with van der Waals surface area (Å²) in [7, 11) is -1.30. The van der Waals surface area contributed by atoms with Crippen molar-refractivity contribution in [3.63, 3.8) is 0 Å². The molecule has 9 heteroatoms. The molecule has 1 aromatic carbocycles. The molecule has 0 spiro atoms. The Morgan fingerprint density at radius 2 is 1.87 bits per heavy atom. The fourth-order valence-corrected chi connectivity index (χ4v) is 4.61. The molecular formula is C21H25N5O3S. The molecular weight excluding hydrogens is 402 g/mol. The first-order valence-corrected chi connectivity index (χ1v) is 11.8. The number of fused-ring (bicyclic) bond motifs is 2. The molecule has 158 valence electrons. The number of aryl methyl sites for hydroxylation is 2. The molecule has 4 rings (SSSR count). The average molecular weight is 428 g/mol. The predicted octanol–water partition coefficient (Wildman–Crippen LogP) is 1.63. The van der Waals surface area contributed by atoms with Gasteiger partial charge in [-0.15, -0.1) is 0 Å². The number of nitrogens with two attached hydrogens (primary N) is 1. The van der Waals surface area contributed by atoms with Gasteiger partial charge < -0.3 is 10.3 Å². The van der Waals surface area contributed by atoms with Crippen molar-refractivity contribution >= 4 is 31.8 Å². The molecule has 30 heavy (non-hydrogen) atoms. The topological polar surface area (TPSA) is 105 Å². The lowest BCUT2D eigenvalue weighted by molar-refractivity contribution is 0.588. The molecule has 4 aromatic rings. The van der Waals surface area contributed by atoms with E-state index in [1.807, 2.05) is 24.3 Å². The SMILES string of the molecule is Cn1c(=O)n(Cc2cc3cc(CN)ccc3n2CCCS(C)(=O)=O)c2cnccc21. The average Bonchev–Trinajstić information content (AvgIpc) is 3.17. The largest absolute Gasteiger partial charge is 0.343 e. The second kappa shape index (κ2) is 7.73. The zero-order valence-electron chi connectivity index (χ0n) is 17.1. The van der Waals surface area contributed by atoms with E-state index >= 15 is 0 Å². The highest BCUT2D eigenvalue weighted by molar-refractivity contribution is 7.90. The van der Waals surface area contributed by atoms with E-state index in [1.165, 1.54) is 6.26 Å². The minimum atomic E-state index is -3.04. The first-order valence-electron chi connectivity index (χ1n) is 9.76. The van der Waals surface area contributed by atoms with Crippen LogP contribution in [0.4, 0.5) is 0 Å². The number of hydrogen-bond donors (Lipinski definition) is 1. The standard InChI is InChI=1S/C21H25N5O3S/c1-24-19-6-7-23-13-20(19)26(21(24)27)14-17-11-16-10-15(12-22)4-5-18(16)25(17)8-3-9-30(2,28)29/h4-7,10-11,13H,3,8-9,12,14,22H2,1-2H3.